The quantitative estimate of drug-likeness (QED) is 0.0281. The Morgan fingerprint density at radius 1 is 0.774 bits per heavy atom. The Morgan fingerprint density at radius 2 is 1.32 bits per heavy atom. The number of aliphatic imine (C=N–C) groups is 1. The molecule has 0 aromatic heterocycles. The van der Waals surface area contributed by atoms with E-state index in [-0.39, 0.29) is 56.6 Å². The number of carboxylic acids is 1. The fourth-order valence-electron chi connectivity index (χ4n) is 6.07. The van der Waals surface area contributed by atoms with Crippen molar-refractivity contribution in [3.05, 3.63) is 0 Å². The molecule has 18 heteroatoms. The highest BCUT2D eigenvalue weighted by Crippen LogP contribution is 2.21. The molecular weight excluding hydrogens is 686 g/mol. The first-order valence-electron chi connectivity index (χ1n) is 19.0. The molecule has 304 valence electrons. The van der Waals surface area contributed by atoms with Crippen LogP contribution in [0.2, 0.25) is 0 Å². The largest absolute Gasteiger partial charge is 0.480 e. The van der Waals surface area contributed by atoms with Gasteiger partial charge in [-0.15, -0.1) is 0 Å². The molecule has 0 saturated carbocycles. The zero-order valence-corrected chi connectivity index (χ0v) is 32.1. The molecule has 0 aliphatic carbocycles. The monoisotopic (exact) mass is 754 g/mol. The minimum atomic E-state index is -1.19. The van der Waals surface area contributed by atoms with Crippen molar-refractivity contribution in [2.24, 2.45) is 45.5 Å². The molecule has 0 unspecified atom stereocenters. The fraction of sp³-hybridized carbons (Fsp3) is 0.800. The fourth-order valence-corrected chi connectivity index (χ4v) is 6.07. The molecule has 5 amide bonds. The molecule has 53 heavy (non-hydrogen) atoms. The Morgan fingerprint density at radius 3 is 1.87 bits per heavy atom. The molecule has 0 bridgehead atoms. The predicted molar refractivity (Wildman–Crippen MR) is 203 cm³/mol. The molecule has 7 atom stereocenters. The predicted octanol–water partition coefficient (Wildman–Crippen LogP) is -1.27. The van der Waals surface area contributed by atoms with Gasteiger partial charge in [0.15, 0.2) is 5.96 Å². The second-order valence-electron chi connectivity index (χ2n) is 14.3. The van der Waals surface area contributed by atoms with Gasteiger partial charge in [0.2, 0.25) is 29.5 Å². The van der Waals surface area contributed by atoms with Gasteiger partial charge in [-0.05, 0) is 95.6 Å². The summed E-state index contributed by atoms with van der Waals surface area (Å²) in [4.78, 5) is 85.2. The van der Waals surface area contributed by atoms with Crippen molar-refractivity contribution in [1.29, 1.82) is 0 Å². The Bertz CT molecular complexity index is 1210. The van der Waals surface area contributed by atoms with E-state index in [1.807, 2.05) is 27.7 Å². The molecule has 18 nitrogen and oxygen atoms in total. The van der Waals surface area contributed by atoms with Crippen LogP contribution in [0.5, 0.6) is 0 Å². The highest BCUT2D eigenvalue weighted by Gasteiger charge is 2.39. The van der Waals surface area contributed by atoms with Crippen molar-refractivity contribution in [3.8, 4) is 0 Å². The average molecular weight is 754 g/mol. The van der Waals surface area contributed by atoms with Crippen molar-refractivity contribution < 1.29 is 33.9 Å². The van der Waals surface area contributed by atoms with Gasteiger partial charge in [0.25, 0.3) is 0 Å². The van der Waals surface area contributed by atoms with Gasteiger partial charge in [-0.1, -0.05) is 34.1 Å². The lowest BCUT2D eigenvalue weighted by molar-refractivity contribution is -0.143. The summed E-state index contributed by atoms with van der Waals surface area (Å²) in [6.07, 6.45) is 4.84. The number of carboxylic acid groups (broad SMARTS) is 1. The second-order valence-corrected chi connectivity index (χ2v) is 14.3. The highest BCUT2D eigenvalue weighted by atomic mass is 16.4. The van der Waals surface area contributed by atoms with E-state index in [4.69, 9.17) is 28.7 Å². The third kappa shape index (κ3) is 17.1. The van der Waals surface area contributed by atoms with E-state index < -0.39 is 71.8 Å². The molecule has 1 fully saturated rings. The van der Waals surface area contributed by atoms with E-state index >= 15 is 0 Å². The average Bonchev–Trinajstić information content (AvgIpc) is 3.60. The number of nitrogens with one attached hydrogen (secondary N) is 4. The minimum absolute atomic E-state index is 0.0393. The third-order valence-corrected chi connectivity index (χ3v) is 9.44. The number of amides is 5. The van der Waals surface area contributed by atoms with E-state index in [0.29, 0.717) is 64.5 Å². The first-order chi connectivity index (χ1) is 25.1. The number of aliphatic carboxylic acids is 1. The van der Waals surface area contributed by atoms with Gasteiger partial charge in [-0.3, -0.25) is 29.0 Å². The van der Waals surface area contributed by atoms with Crippen LogP contribution < -0.4 is 49.9 Å². The lowest BCUT2D eigenvalue weighted by atomic mass is 9.98. The standard InChI is InChI=1S/C35H67N11O7/c1-5-22(4)28(38)32(50)43-24(14-10-18-41-35(39)40)33(51)46-19-11-15-27(46)31(49)42-23(12-6-8-16-36)29(47)45-26(20-21(2)3)30(48)44-25(34(52)53)13-7-9-17-37/h21-28H,5-20,36-38H2,1-4H3,(H,42,49)(H,43,50)(H,44,48)(H,45,47)(H,52,53)(H4,39,40,41)/t22-,23-,24-,25-,26-,27-,28-/m0/s1. The molecule has 1 saturated heterocycles. The SMILES string of the molecule is CC[C@H](C)[C@H](N)C(=O)N[C@@H](CCCN=C(N)N)C(=O)N1CCC[C@H]1C(=O)N[C@@H](CCCCN)C(=O)N[C@@H](CC(C)C)C(=O)N[C@@H](CCCCN)C(=O)O. The zero-order valence-electron chi connectivity index (χ0n) is 32.1. The molecule has 1 aliphatic rings. The summed E-state index contributed by atoms with van der Waals surface area (Å²) in [6, 6.07) is -6.06. The van der Waals surface area contributed by atoms with Crippen LogP contribution in [-0.4, -0.2) is 114 Å². The first kappa shape index (κ1) is 47.0. The van der Waals surface area contributed by atoms with Gasteiger partial charge in [0.05, 0.1) is 6.04 Å². The third-order valence-electron chi connectivity index (χ3n) is 9.44. The number of likely N-dealkylation sites (tertiary alicyclic amines) is 1. The zero-order chi connectivity index (χ0) is 40.1. The van der Waals surface area contributed by atoms with Crippen LogP contribution in [0.3, 0.4) is 0 Å². The maximum Gasteiger partial charge on any atom is 0.326 e. The van der Waals surface area contributed by atoms with Crippen molar-refractivity contribution in [3.63, 3.8) is 0 Å². The smallest absolute Gasteiger partial charge is 0.326 e. The van der Waals surface area contributed by atoms with Gasteiger partial charge in [-0.2, -0.15) is 0 Å². The van der Waals surface area contributed by atoms with Gasteiger partial charge >= 0.3 is 5.97 Å². The molecule has 15 N–H and O–H groups in total. The molecule has 0 aromatic carbocycles. The van der Waals surface area contributed by atoms with Crippen LogP contribution in [0.25, 0.3) is 0 Å². The minimum Gasteiger partial charge on any atom is -0.480 e. The molecule has 0 aromatic rings. The van der Waals surface area contributed by atoms with Crippen molar-refractivity contribution in [2.45, 2.75) is 141 Å². The van der Waals surface area contributed by atoms with E-state index in [1.54, 1.807) is 0 Å². The molecule has 0 spiro atoms. The molecule has 1 rings (SSSR count). The number of rotatable bonds is 26. The van der Waals surface area contributed by atoms with Gasteiger partial charge in [-0.25, -0.2) is 4.79 Å². The molecule has 1 heterocycles. The van der Waals surface area contributed by atoms with Crippen molar-refractivity contribution in [1.82, 2.24) is 26.2 Å². The van der Waals surface area contributed by atoms with Crippen molar-refractivity contribution in [2.75, 3.05) is 26.2 Å². The first-order valence-corrected chi connectivity index (χ1v) is 19.0. The Hall–Kier alpha value is -4.03. The number of nitrogens with zero attached hydrogens (tertiary/aromatic N) is 2. The van der Waals surface area contributed by atoms with Gasteiger partial charge in [0, 0.05) is 13.1 Å². The Balaban J connectivity index is 3.23. The number of carbonyl (C=O) groups is 6. The Labute approximate surface area is 313 Å². The number of unbranched alkanes of at least 4 members (excludes halogenated alkanes) is 2. The van der Waals surface area contributed by atoms with E-state index in [2.05, 4.69) is 26.3 Å². The van der Waals surface area contributed by atoms with Crippen LogP contribution in [-0.2, 0) is 28.8 Å². The Kier molecular flexibility index (Phi) is 22.2. The van der Waals surface area contributed by atoms with Crippen LogP contribution in [0.1, 0.15) is 105 Å². The topological polar surface area (TPSA) is 316 Å². The molecule has 0 radical (unpaired) electrons. The normalized spacial score (nSPS) is 17.5. The summed E-state index contributed by atoms with van der Waals surface area (Å²) in [5.74, 6) is -4.23. The number of guanidine groups is 1. The van der Waals surface area contributed by atoms with Crippen LogP contribution in [0, 0.1) is 11.8 Å². The lowest BCUT2D eigenvalue weighted by Gasteiger charge is -2.31. The summed E-state index contributed by atoms with van der Waals surface area (Å²) in [6.45, 7) is 8.72. The van der Waals surface area contributed by atoms with Crippen molar-refractivity contribution >= 4 is 41.5 Å². The summed E-state index contributed by atoms with van der Waals surface area (Å²) < 4.78 is 0. The van der Waals surface area contributed by atoms with Crippen LogP contribution in [0.15, 0.2) is 4.99 Å². The van der Waals surface area contributed by atoms with Crippen LogP contribution in [0.4, 0.5) is 0 Å². The summed E-state index contributed by atoms with van der Waals surface area (Å²) in [7, 11) is 0. The summed E-state index contributed by atoms with van der Waals surface area (Å²) in [5, 5.41) is 20.6. The van der Waals surface area contributed by atoms with E-state index in [0.717, 1.165) is 0 Å². The maximum atomic E-state index is 14.0. The molecular formula is C35H67N11O7. The van der Waals surface area contributed by atoms with Crippen LogP contribution >= 0.6 is 0 Å². The maximum absolute atomic E-state index is 14.0. The summed E-state index contributed by atoms with van der Waals surface area (Å²) >= 11 is 0. The van der Waals surface area contributed by atoms with E-state index in [9.17, 15) is 33.9 Å². The van der Waals surface area contributed by atoms with Gasteiger partial charge in [0.1, 0.15) is 30.2 Å². The number of carbonyl (C=O) groups excluding carboxylic acids is 5. The summed E-state index contributed by atoms with van der Waals surface area (Å²) in [5.41, 5.74) is 28.3. The van der Waals surface area contributed by atoms with E-state index in [1.165, 1.54) is 4.90 Å². The highest BCUT2D eigenvalue weighted by molar-refractivity contribution is 5.96. The number of hydrogen-bond donors (Lipinski definition) is 10. The molecule has 1 aliphatic heterocycles. The number of nitrogens with two attached hydrogens (primary N) is 5. The lowest BCUT2D eigenvalue weighted by Crippen LogP contribution is -2.59. The second kappa shape index (κ2) is 25.1. The van der Waals surface area contributed by atoms with Gasteiger partial charge < -0.3 is 59.9 Å². The number of hydrogen-bond acceptors (Lipinski definition) is 10.